The summed E-state index contributed by atoms with van der Waals surface area (Å²) in [5, 5.41) is 14.9. The Bertz CT molecular complexity index is 838. The van der Waals surface area contributed by atoms with Crippen molar-refractivity contribution in [3.8, 4) is 11.5 Å². The van der Waals surface area contributed by atoms with E-state index in [0.717, 1.165) is 0 Å². The SMILES string of the molecule is CCOC(=O)C1=C(C)N(C)C(=S)NC1c1cc2c(cc1[N+](=O)[O-])OCO2. The van der Waals surface area contributed by atoms with Crippen LogP contribution >= 0.6 is 12.2 Å². The fraction of sp³-hybridized carbons (Fsp3) is 0.375. The average molecular weight is 379 g/mol. The van der Waals surface area contributed by atoms with Crippen molar-refractivity contribution in [1.29, 1.82) is 0 Å². The van der Waals surface area contributed by atoms with Gasteiger partial charge < -0.3 is 24.4 Å². The molecule has 1 unspecified atom stereocenters. The molecule has 2 aliphatic heterocycles. The predicted octanol–water partition coefficient (Wildman–Crippen LogP) is 2.02. The smallest absolute Gasteiger partial charge is 0.338 e. The van der Waals surface area contributed by atoms with E-state index in [0.29, 0.717) is 16.6 Å². The molecule has 10 heteroatoms. The number of fused-ring (bicyclic) bond motifs is 1. The fourth-order valence-electron chi connectivity index (χ4n) is 2.88. The maximum absolute atomic E-state index is 12.5. The fourth-order valence-corrected chi connectivity index (χ4v) is 3.13. The highest BCUT2D eigenvalue weighted by Gasteiger charge is 2.38. The van der Waals surface area contributed by atoms with Gasteiger partial charge in [0.2, 0.25) is 6.79 Å². The van der Waals surface area contributed by atoms with Crippen molar-refractivity contribution in [2.75, 3.05) is 20.4 Å². The molecule has 0 amide bonds. The van der Waals surface area contributed by atoms with Crippen LogP contribution in [0, 0.1) is 10.1 Å². The van der Waals surface area contributed by atoms with E-state index in [4.69, 9.17) is 26.4 Å². The van der Waals surface area contributed by atoms with Crippen molar-refractivity contribution in [2.24, 2.45) is 0 Å². The number of ether oxygens (including phenoxy) is 3. The van der Waals surface area contributed by atoms with E-state index >= 15 is 0 Å². The Balaban J connectivity index is 2.18. The van der Waals surface area contributed by atoms with Crippen LogP contribution < -0.4 is 14.8 Å². The maximum atomic E-state index is 12.5. The van der Waals surface area contributed by atoms with E-state index in [1.807, 2.05) is 0 Å². The first-order valence-electron chi connectivity index (χ1n) is 7.85. The number of hydrogen-bond acceptors (Lipinski definition) is 7. The van der Waals surface area contributed by atoms with E-state index in [-0.39, 0.29) is 36.0 Å². The second kappa shape index (κ2) is 6.79. The largest absolute Gasteiger partial charge is 0.463 e. The zero-order valence-electron chi connectivity index (χ0n) is 14.4. The summed E-state index contributed by atoms with van der Waals surface area (Å²) >= 11 is 5.30. The minimum Gasteiger partial charge on any atom is -0.463 e. The van der Waals surface area contributed by atoms with Crippen LogP contribution in [-0.2, 0) is 9.53 Å². The highest BCUT2D eigenvalue weighted by molar-refractivity contribution is 7.80. The monoisotopic (exact) mass is 379 g/mol. The second-order valence-electron chi connectivity index (χ2n) is 5.68. The molecule has 26 heavy (non-hydrogen) atoms. The number of esters is 1. The van der Waals surface area contributed by atoms with E-state index in [2.05, 4.69) is 5.32 Å². The maximum Gasteiger partial charge on any atom is 0.338 e. The van der Waals surface area contributed by atoms with E-state index in [9.17, 15) is 14.9 Å². The molecule has 1 N–H and O–H groups in total. The Morgan fingerprint density at radius 1 is 1.46 bits per heavy atom. The van der Waals surface area contributed by atoms with Crippen LogP contribution in [0.25, 0.3) is 0 Å². The zero-order valence-corrected chi connectivity index (χ0v) is 15.2. The van der Waals surface area contributed by atoms with Gasteiger partial charge in [-0.05, 0) is 32.1 Å². The third-order valence-electron chi connectivity index (χ3n) is 4.28. The van der Waals surface area contributed by atoms with Crippen LogP contribution in [0.15, 0.2) is 23.4 Å². The standard InChI is InChI=1S/C16H17N3O6S/c1-4-23-15(20)13-8(2)18(3)16(26)17-14(13)9-5-11-12(25-7-24-11)6-10(9)19(21)22/h5-6,14H,4,7H2,1-3H3,(H,17,26). The molecule has 138 valence electrons. The van der Waals surface area contributed by atoms with Gasteiger partial charge in [0.1, 0.15) is 0 Å². The molecule has 0 radical (unpaired) electrons. The van der Waals surface area contributed by atoms with Gasteiger partial charge >= 0.3 is 5.97 Å². The van der Waals surface area contributed by atoms with Crippen molar-refractivity contribution in [3.63, 3.8) is 0 Å². The minimum absolute atomic E-state index is 0.0191. The number of nitrogens with zero attached hydrogens (tertiary/aromatic N) is 2. The van der Waals surface area contributed by atoms with Gasteiger partial charge in [-0.1, -0.05) is 0 Å². The van der Waals surface area contributed by atoms with Gasteiger partial charge in [0, 0.05) is 12.7 Å². The van der Waals surface area contributed by atoms with Crippen LogP contribution in [0.2, 0.25) is 0 Å². The number of hydrogen-bond donors (Lipinski definition) is 1. The highest BCUT2D eigenvalue weighted by Crippen LogP contribution is 2.43. The Morgan fingerprint density at radius 3 is 2.73 bits per heavy atom. The van der Waals surface area contributed by atoms with Gasteiger partial charge in [-0.25, -0.2) is 4.79 Å². The molecule has 3 rings (SSSR count). The van der Waals surface area contributed by atoms with Crippen molar-refractivity contribution in [2.45, 2.75) is 19.9 Å². The molecular weight excluding hydrogens is 362 g/mol. The van der Waals surface area contributed by atoms with Crippen molar-refractivity contribution in [3.05, 3.63) is 39.1 Å². The molecule has 0 fully saturated rings. The van der Waals surface area contributed by atoms with Crippen molar-refractivity contribution in [1.82, 2.24) is 10.2 Å². The predicted molar refractivity (Wildman–Crippen MR) is 94.8 cm³/mol. The summed E-state index contributed by atoms with van der Waals surface area (Å²) in [6.45, 7) is 3.57. The first kappa shape index (κ1) is 17.9. The van der Waals surface area contributed by atoms with Crippen LogP contribution in [-0.4, -0.2) is 41.4 Å². The Morgan fingerprint density at radius 2 is 2.12 bits per heavy atom. The molecular formula is C16H17N3O6S. The van der Waals surface area contributed by atoms with Crippen LogP contribution in [0.3, 0.4) is 0 Å². The zero-order chi connectivity index (χ0) is 19.0. The number of carbonyl (C=O) groups is 1. The summed E-state index contributed by atoms with van der Waals surface area (Å²) in [7, 11) is 1.70. The Labute approximate surface area is 154 Å². The van der Waals surface area contributed by atoms with Gasteiger partial charge in [-0.2, -0.15) is 0 Å². The molecule has 0 saturated carbocycles. The first-order valence-corrected chi connectivity index (χ1v) is 8.26. The summed E-state index contributed by atoms with van der Waals surface area (Å²) in [5.74, 6) is 0.0938. The Kier molecular flexibility index (Phi) is 4.68. The molecule has 1 atom stereocenters. The third-order valence-corrected chi connectivity index (χ3v) is 4.67. The number of carbonyl (C=O) groups excluding carboxylic acids is 1. The summed E-state index contributed by atoms with van der Waals surface area (Å²) in [6, 6.07) is 1.95. The highest BCUT2D eigenvalue weighted by atomic mass is 32.1. The summed E-state index contributed by atoms with van der Waals surface area (Å²) in [6.07, 6.45) is 0. The number of nitrogens with one attached hydrogen (secondary N) is 1. The molecule has 1 aromatic carbocycles. The lowest BCUT2D eigenvalue weighted by atomic mass is 9.93. The van der Waals surface area contributed by atoms with Crippen LogP contribution in [0.4, 0.5) is 5.69 Å². The molecule has 0 aromatic heterocycles. The summed E-state index contributed by atoms with van der Waals surface area (Å²) < 4.78 is 15.7. The lowest BCUT2D eigenvalue weighted by molar-refractivity contribution is -0.385. The normalized spacial score (nSPS) is 18.7. The van der Waals surface area contributed by atoms with Gasteiger partial charge in [0.15, 0.2) is 16.6 Å². The van der Waals surface area contributed by atoms with Crippen LogP contribution in [0.1, 0.15) is 25.5 Å². The van der Waals surface area contributed by atoms with Gasteiger partial charge in [0.05, 0.1) is 34.8 Å². The quantitative estimate of drug-likeness (QED) is 0.364. The Hall–Kier alpha value is -2.88. The molecule has 9 nitrogen and oxygen atoms in total. The van der Waals surface area contributed by atoms with E-state index in [1.165, 1.54) is 12.1 Å². The molecule has 1 aromatic rings. The lowest BCUT2D eigenvalue weighted by Crippen LogP contribution is -2.46. The van der Waals surface area contributed by atoms with Crippen molar-refractivity contribution >= 4 is 29.0 Å². The second-order valence-corrected chi connectivity index (χ2v) is 6.07. The van der Waals surface area contributed by atoms with Crippen LogP contribution in [0.5, 0.6) is 11.5 Å². The number of nitro benzene ring substituents is 1. The summed E-state index contributed by atoms with van der Waals surface area (Å²) in [4.78, 5) is 25.2. The number of benzene rings is 1. The lowest BCUT2D eigenvalue weighted by Gasteiger charge is -2.35. The van der Waals surface area contributed by atoms with E-state index in [1.54, 1.807) is 25.8 Å². The van der Waals surface area contributed by atoms with Gasteiger partial charge in [-0.3, -0.25) is 10.1 Å². The molecule has 2 heterocycles. The molecule has 0 saturated heterocycles. The molecule has 0 aliphatic carbocycles. The number of thiocarbonyl (C=S) groups is 1. The first-order chi connectivity index (χ1) is 12.3. The molecule has 2 aliphatic rings. The summed E-state index contributed by atoms with van der Waals surface area (Å²) in [5.41, 5.74) is 0.861. The topological polar surface area (TPSA) is 103 Å². The minimum atomic E-state index is -0.840. The third kappa shape index (κ3) is 2.92. The van der Waals surface area contributed by atoms with E-state index < -0.39 is 16.9 Å². The van der Waals surface area contributed by atoms with Crippen molar-refractivity contribution < 1.29 is 23.9 Å². The molecule has 0 bridgehead atoms. The number of allylic oxidation sites excluding steroid dienone is 1. The number of rotatable bonds is 4. The van der Waals surface area contributed by atoms with Gasteiger partial charge in [-0.15, -0.1) is 0 Å². The number of nitro groups is 1. The molecule has 0 spiro atoms. The average Bonchev–Trinajstić information content (AvgIpc) is 3.05. The van der Waals surface area contributed by atoms with Gasteiger partial charge in [0.25, 0.3) is 5.69 Å².